The van der Waals surface area contributed by atoms with Crippen molar-refractivity contribution < 1.29 is 58.7 Å². The van der Waals surface area contributed by atoms with Gasteiger partial charge in [0.2, 0.25) is 6.29 Å². The van der Waals surface area contributed by atoms with Crippen molar-refractivity contribution in [2.75, 3.05) is 20.3 Å². The average Bonchev–Trinajstić information content (AvgIpc) is 2.96. The quantitative estimate of drug-likeness (QED) is 0.208. The lowest BCUT2D eigenvalue weighted by Crippen LogP contribution is -2.61. The van der Waals surface area contributed by atoms with Crippen LogP contribution in [0.2, 0.25) is 0 Å². The first-order valence-electron chi connectivity index (χ1n) is 12.5. The predicted molar refractivity (Wildman–Crippen MR) is 135 cm³/mol. The first kappa shape index (κ1) is 28.4. The predicted octanol–water partition coefficient (Wildman–Crippen LogP) is -0.889. The number of benzene rings is 2. The molecule has 216 valence electrons. The van der Waals surface area contributed by atoms with Gasteiger partial charge in [0, 0.05) is 17.7 Å². The molecule has 0 saturated carbocycles. The molecule has 3 aromatic rings. The van der Waals surface area contributed by atoms with Crippen LogP contribution in [-0.4, -0.2) is 106 Å². The van der Waals surface area contributed by atoms with Gasteiger partial charge in [-0.05, 0) is 36.4 Å². The molecule has 2 aliphatic rings. The van der Waals surface area contributed by atoms with Crippen molar-refractivity contribution in [3.63, 3.8) is 0 Å². The van der Waals surface area contributed by atoms with E-state index in [0.29, 0.717) is 17.1 Å². The van der Waals surface area contributed by atoms with Crippen LogP contribution in [0, 0.1) is 0 Å². The number of aliphatic hydroxyl groups excluding tert-OH is 6. The van der Waals surface area contributed by atoms with Crippen molar-refractivity contribution >= 4 is 11.0 Å². The van der Waals surface area contributed by atoms with Crippen molar-refractivity contribution in [2.24, 2.45) is 0 Å². The van der Waals surface area contributed by atoms with E-state index in [1.807, 2.05) is 0 Å². The lowest BCUT2D eigenvalue weighted by molar-refractivity contribution is -0.307. The van der Waals surface area contributed by atoms with Crippen LogP contribution in [0.5, 0.6) is 11.5 Å². The number of hydrogen-bond donors (Lipinski definition) is 6. The first-order valence-corrected chi connectivity index (χ1v) is 12.5. The summed E-state index contributed by atoms with van der Waals surface area (Å²) in [6, 6.07) is 12.7. The number of aliphatic hydroxyl groups is 6. The van der Waals surface area contributed by atoms with E-state index in [0.717, 1.165) is 0 Å². The van der Waals surface area contributed by atoms with Gasteiger partial charge in [-0.15, -0.1) is 0 Å². The Kier molecular flexibility index (Phi) is 8.37. The fourth-order valence-electron chi connectivity index (χ4n) is 4.51. The molecule has 1 aromatic heterocycles. The Morgan fingerprint density at radius 3 is 2.25 bits per heavy atom. The van der Waals surface area contributed by atoms with Crippen LogP contribution < -0.4 is 14.9 Å². The van der Waals surface area contributed by atoms with Crippen LogP contribution in [0.3, 0.4) is 0 Å². The fraction of sp³-hybridized carbons (Fsp3) is 0.444. The van der Waals surface area contributed by atoms with E-state index < -0.39 is 61.9 Å². The summed E-state index contributed by atoms with van der Waals surface area (Å²) in [5.41, 5.74) is 0.560. The summed E-state index contributed by atoms with van der Waals surface area (Å²) in [4.78, 5) is 12.7. The molecular weight excluding hydrogens is 532 g/mol. The van der Waals surface area contributed by atoms with Gasteiger partial charge < -0.3 is 58.7 Å². The van der Waals surface area contributed by atoms with Gasteiger partial charge in [0.05, 0.1) is 25.7 Å². The maximum absolute atomic E-state index is 12.7. The van der Waals surface area contributed by atoms with Crippen molar-refractivity contribution in [3.8, 4) is 22.8 Å². The van der Waals surface area contributed by atoms with Crippen LogP contribution in [0.1, 0.15) is 0 Å². The maximum atomic E-state index is 12.7. The normalized spacial score (nSPS) is 32.6. The van der Waals surface area contributed by atoms with Gasteiger partial charge in [0.1, 0.15) is 65.6 Å². The minimum Gasteiger partial charge on any atom is -0.497 e. The van der Waals surface area contributed by atoms with Crippen LogP contribution in [0.4, 0.5) is 0 Å². The summed E-state index contributed by atoms with van der Waals surface area (Å²) in [7, 11) is 1.54. The molecule has 3 heterocycles. The molecule has 6 N–H and O–H groups in total. The Balaban J connectivity index is 1.32. The van der Waals surface area contributed by atoms with Crippen LogP contribution in [-0.2, 0) is 14.2 Å². The summed E-state index contributed by atoms with van der Waals surface area (Å²) in [6.07, 6.45) is -13.3. The molecule has 2 saturated heterocycles. The maximum Gasteiger partial charge on any atom is 0.229 e. The molecule has 0 spiro atoms. The molecule has 0 radical (unpaired) electrons. The zero-order chi connectivity index (χ0) is 28.6. The Morgan fingerprint density at radius 1 is 0.825 bits per heavy atom. The summed E-state index contributed by atoms with van der Waals surface area (Å²) < 4.78 is 33.1. The van der Waals surface area contributed by atoms with Crippen LogP contribution in [0.15, 0.2) is 57.7 Å². The molecule has 2 aliphatic heterocycles. The number of rotatable bonds is 7. The molecule has 0 amide bonds. The lowest BCUT2D eigenvalue weighted by Gasteiger charge is -2.41. The lowest BCUT2D eigenvalue weighted by atomic mass is 9.99. The van der Waals surface area contributed by atoms with Crippen molar-refractivity contribution in [2.45, 2.75) is 55.3 Å². The summed E-state index contributed by atoms with van der Waals surface area (Å²) in [5.74, 6) is 1.09. The fourth-order valence-corrected chi connectivity index (χ4v) is 4.51. The largest absolute Gasteiger partial charge is 0.497 e. The standard InChI is InChI=1S/C27H30O13/c1-35-13-4-2-12(3-5-13)18-9-16(28)15-7-6-14(8-19(15)39-18)38-27-25(34)23(32)22(31)20(40-27)11-37-26-24(33)21(30)17(29)10-36-26/h2-9,17,20-27,29-34H,10-11H2,1H3/t17-,20-,21+,22-,23+,24-,25-,26+,27-/m1/s1. The van der Waals surface area contributed by atoms with E-state index in [4.69, 9.17) is 28.1 Å². The van der Waals surface area contributed by atoms with E-state index >= 15 is 0 Å². The Labute approximate surface area is 227 Å². The van der Waals surface area contributed by atoms with Gasteiger partial charge in [-0.25, -0.2) is 0 Å². The molecule has 0 bridgehead atoms. The molecule has 5 rings (SSSR count). The molecule has 40 heavy (non-hydrogen) atoms. The number of ether oxygens (including phenoxy) is 5. The molecule has 0 aliphatic carbocycles. The van der Waals surface area contributed by atoms with Crippen molar-refractivity contribution in [1.29, 1.82) is 0 Å². The Hall–Kier alpha value is -3.11. The van der Waals surface area contributed by atoms with E-state index in [1.165, 1.54) is 24.3 Å². The van der Waals surface area contributed by atoms with E-state index in [2.05, 4.69) is 0 Å². The minimum absolute atomic E-state index is 0.137. The van der Waals surface area contributed by atoms with Crippen LogP contribution in [0.25, 0.3) is 22.3 Å². The highest BCUT2D eigenvalue weighted by Crippen LogP contribution is 2.29. The Morgan fingerprint density at radius 2 is 1.52 bits per heavy atom. The zero-order valence-corrected chi connectivity index (χ0v) is 21.3. The molecule has 13 nitrogen and oxygen atoms in total. The van der Waals surface area contributed by atoms with E-state index in [9.17, 15) is 35.4 Å². The van der Waals surface area contributed by atoms with Gasteiger partial charge in [0.15, 0.2) is 11.7 Å². The third-order valence-corrected chi connectivity index (χ3v) is 6.87. The van der Waals surface area contributed by atoms with Crippen molar-refractivity contribution in [3.05, 3.63) is 58.8 Å². The second-order valence-electron chi connectivity index (χ2n) is 9.58. The molecular formula is C27H30O13. The highest BCUT2D eigenvalue weighted by Gasteiger charge is 2.46. The summed E-state index contributed by atoms with van der Waals surface area (Å²) in [5, 5.41) is 61.0. The molecule has 13 heteroatoms. The van der Waals surface area contributed by atoms with Crippen molar-refractivity contribution in [1.82, 2.24) is 0 Å². The van der Waals surface area contributed by atoms with Gasteiger partial charge in [0.25, 0.3) is 0 Å². The highest BCUT2D eigenvalue weighted by atomic mass is 16.7. The van der Waals surface area contributed by atoms with Crippen LogP contribution >= 0.6 is 0 Å². The zero-order valence-electron chi connectivity index (χ0n) is 21.3. The SMILES string of the molecule is COc1ccc(-c2cc(=O)c3ccc(O[C@@H]4O[C@H](CO[C@@H]5OC[C@@H](O)[C@H](O)[C@H]5O)[C@@H](O)[C@H](O)[C@H]4O)cc3o2)cc1. The highest BCUT2D eigenvalue weighted by molar-refractivity contribution is 5.80. The smallest absolute Gasteiger partial charge is 0.229 e. The van der Waals surface area contributed by atoms with E-state index in [1.54, 1.807) is 31.4 Å². The molecule has 9 atom stereocenters. The van der Waals surface area contributed by atoms with Gasteiger partial charge in [-0.3, -0.25) is 4.79 Å². The number of hydrogen-bond acceptors (Lipinski definition) is 13. The average molecular weight is 563 g/mol. The number of methoxy groups -OCH3 is 1. The second kappa shape index (κ2) is 11.8. The minimum atomic E-state index is -1.68. The summed E-state index contributed by atoms with van der Waals surface area (Å²) >= 11 is 0. The van der Waals surface area contributed by atoms with Gasteiger partial charge >= 0.3 is 0 Å². The number of fused-ring (bicyclic) bond motifs is 1. The van der Waals surface area contributed by atoms with Gasteiger partial charge in [-0.2, -0.15) is 0 Å². The molecule has 2 fully saturated rings. The topological polar surface area (TPSA) is 198 Å². The van der Waals surface area contributed by atoms with E-state index in [-0.39, 0.29) is 28.8 Å². The monoisotopic (exact) mass is 562 g/mol. The summed E-state index contributed by atoms with van der Waals surface area (Å²) in [6.45, 7) is -0.713. The second-order valence-corrected chi connectivity index (χ2v) is 9.58. The van der Waals surface area contributed by atoms with Gasteiger partial charge in [-0.1, -0.05) is 0 Å². The Bertz CT molecular complexity index is 1360. The third-order valence-electron chi connectivity index (χ3n) is 6.87. The molecule has 0 unspecified atom stereocenters. The third kappa shape index (κ3) is 5.69. The first-order chi connectivity index (χ1) is 19.2. The molecule has 2 aromatic carbocycles.